The van der Waals surface area contributed by atoms with E-state index in [0.29, 0.717) is 5.92 Å². The average molecular weight is 251 g/mol. The lowest BCUT2D eigenvalue weighted by Gasteiger charge is -2.16. The van der Waals surface area contributed by atoms with Crippen LogP contribution in [0.4, 0.5) is 0 Å². The molecular weight excluding hydrogens is 230 g/mol. The van der Waals surface area contributed by atoms with Crippen molar-refractivity contribution in [3.05, 3.63) is 53.6 Å². The fourth-order valence-electron chi connectivity index (χ4n) is 2.49. The topological polar surface area (TPSA) is 23.8 Å². The van der Waals surface area contributed by atoms with Crippen LogP contribution >= 0.6 is 0 Å². The molecule has 0 fully saturated rings. The number of allylic oxidation sites excluding steroid dienone is 4. The first-order valence-electron chi connectivity index (χ1n) is 7.22. The molecule has 0 amide bonds. The standard InChI is InChI=1S/C18H21N/c1-2-3-4-5-15-6-10-17(11-7-15)18-12-8-16(14-19)9-13-18/h6,8-13,15H,2-5,7H2,1H3. The molecule has 19 heavy (non-hydrogen) atoms. The molecular formula is C18H21N. The van der Waals surface area contributed by atoms with E-state index in [4.69, 9.17) is 5.26 Å². The second-order valence-electron chi connectivity index (χ2n) is 5.20. The molecule has 0 aliphatic heterocycles. The summed E-state index contributed by atoms with van der Waals surface area (Å²) in [7, 11) is 0. The van der Waals surface area contributed by atoms with Gasteiger partial charge in [-0.25, -0.2) is 0 Å². The Hall–Kier alpha value is -1.81. The summed E-state index contributed by atoms with van der Waals surface area (Å²) in [4.78, 5) is 0. The normalized spacial score (nSPS) is 17.9. The molecule has 0 heterocycles. The van der Waals surface area contributed by atoms with E-state index in [1.54, 1.807) is 0 Å². The van der Waals surface area contributed by atoms with E-state index in [9.17, 15) is 0 Å². The van der Waals surface area contributed by atoms with E-state index >= 15 is 0 Å². The van der Waals surface area contributed by atoms with Gasteiger partial charge in [-0.05, 0) is 42.0 Å². The number of nitriles is 1. The summed E-state index contributed by atoms with van der Waals surface area (Å²) >= 11 is 0. The number of hydrogen-bond donors (Lipinski definition) is 0. The summed E-state index contributed by atoms with van der Waals surface area (Å²) in [6, 6.07) is 10.00. The molecule has 1 aliphatic carbocycles. The zero-order valence-corrected chi connectivity index (χ0v) is 11.6. The number of nitrogens with zero attached hydrogens (tertiary/aromatic N) is 1. The highest BCUT2D eigenvalue weighted by atomic mass is 14.2. The number of rotatable bonds is 5. The molecule has 1 aromatic carbocycles. The maximum absolute atomic E-state index is 8.80. The number of hydrogen-bond acceptors (Lipinski definition) is 1. The third-order valence-electron chi connectivity index (χ3n) is 3.71. The Morgan fingerprint density at radius 2 is 2.00 bits per heavy atom. The van der Waals surface area contributed by atoms with Crippen molar-refractivity contribution in [3.8, 4) is 6.07 Å². The number of benzene rings is 1. The fraction of sp³-hybridized carbons (Fsp3) is 0.389. The van der Waals surface area contributed by atoms with Crippen molar-refractivity contribution in [1.82, 2.24) is 0 Å². The lowest BCUT2D eigenvalue weighted by atomic mass is 9.89. The Labute approximate surface area is 116 Å². The number of unbranched alkanes of at least 4 members (excludes halogenated alkanes) is 2. The van der Waals surface area contributed by atoms with Crippen LogP contribution in [0.1, 0.15) is 50.2 Å². The van der Waals surface area contributed by atoms with Crippen molar-refractivity contribution in [2.45, 2.75) is 39.0 Å². The molecule has 1 aliphatic rings. The van der Waals surface area contributed by atoms with Crippen molar-refractivity contribution < 1.29 is 0 Å². The van der Waals surface area contributed by atoms with Crippen molar-refractivity contribution in [1.29, 1.82) is 5.26 Å². The zero-order valence-electron chi connectivity index (χ0n) is 11.6. The highest BCUT2D eigenvalue weighted by Gasteiger charge is 2.09. The Kier molecular flexibility index (Phi) is 4.98. The maximum atomic E-state index is 8.80. The van der Waals surface area contributed by atoms with Crippen molar-refractivity contribution in [2.75, 3.05) is 0 Å². The van der Waals surface area contributed by atoms with Crippen LogP contribution in [-0.4, -0.2) is 0 Å². The third kappa shape index (κ3) is 3.83. The van der Waals surface area contributed by atoms with E-state index < -0.39 is 0 Å². The predicted octanol–water partition coefficient (Wildman–Crippen LogP) is 5.10. The third-order valence-corrected chi connectivity index (χ3v) is 3.71. The summed E-state index contributed by atoms with van der Waals surface area (Å²) in [6.45, 7) is 2.25. The van der Waals surface area contributed by atoms with Crippen molar-refractivity contribution in [3.63, 3.8) is 0 Å². The Morgan fingerprint density at radius 3 is 2.58 bits per heavy atom. The lowest BCUT2D eigenvalue weighted by Crippen LogP contribution is -1.99. The zero-order chi connectivity index (χ0) is 13.5. The smallest absolute Gasteiger partial charge is 0.0991 e. The van der Waals surface area contributed by atoms with Crippen LogP contribution in [0.3, 0.4) is 0 Å². The first-order chi connectivity index (χ1) is 9.33. The average Bonchev–Trinajstić information content (AvgIpc) is 2.48. The van der Waals surface area contributed by atoms with Gasteiger partial charge in [0.25, 0.3) is 0 Å². The molecule has 0 N–H and O–H groups in total. The molecule has 1 heteroatoms. The first-order valence-corrected chi connectivity index (χ1v) is 7.22. The van der Waals surface area contributed by atoms with Gasteiger partial charge in [0.15, 0.2) is 0 Å². The minimum atomic E-state index is 0.716. The van der Waals surface area contributed by atoms with Gasteiger partial charge in [0.05, 0.1) is 11.6 Å². The molecule has 0 bridgehead atoms. The van der Waals surface area contributed by atoms with Gasteiger partial charge in [-0.2, -0.15) is 5.26 Å². The van der Waals surface area contributed by atoms with Gasteiger partial charge in [0.1, 0.15) is 0 Å². The van der Waals surface area contributed by atoms with Crippen LogP contribution in [0.5, 0.6) is 0 Å². The van der Waals surface area contributed by atoms with E-state index in [-0.39, 0.29) is 0 Å². The molecule has 98 valence electrons. The van der Waals surface area contributed by atoms with E-state index in [0.717, 1.165) is 12.0 Å². The molecule has 2 rings (SSSR count). The molecule has 0 radical (unpaired) electrons. The van der Waals surface area contributed by atoms with Crippen LogP contribution in [0.2, 0.25) is 0 Å². The minimum Gasteiger partial charge on any atom is -0.192 e. The van der Waals surface area contributed by atoms with Gasteiger partial charge in [-0.15, -0.1) is 0 Å². The minimum absolute atomic E-state index is 0.716. The Morgan fingerprint density at radius 1 is 1.21 bits per heavy atom. The fourth-order valence-corrected chi connectivity index (χ4v) is 2.49. The second kappa shape index (κ2) is 6.95. The summed E-state index contributed by atoms with van der Waals surface area (Å²) in [6.07, 6.45) is 13.4. The molecule has 1 atom stereocenters. The van der Waals surface area contributed by atoms with E-state index in [2.05, 4.69) is 31.2 Å². The van der Waals surface area contributed by atoms with Crippen LogP contribution in [0.15, 0.2) is 42.5 Å². The van der Waals surface area contributed by atoms with Crippen LogP contribution < -0.4 is 0 Å². The van der Waals surface area contributed by atoms with Gasteiger partial charge < -0.3 is 0 Å². The van der Waals surface area contributed by atoms with Crippen LogP contribution in [0, 0.1) is 17.2 Å². The van der Waals surface area contributed by atoms with Gasteiger partial charge in [-0.1, -0.05) is 56.5 Å². The largest absolute Gasteiger partial charge is 0.192 e. The molecule has 0 aromatic heterocycles. The van der Waals surface area contributed by atoms with Gasteiger partial charge in [0.2, 0.25) is 0 Å². The molecule has 1 unspecified atom stereocenters. The quantitative estimate of drug-likeness (QED) is 0.668. The van der Waals surface area contributed by atoms with Crippen LogP contribution in [0.25, 0.3) is 5.57 Å². The van der Waals surface area contributed by atoms with Crippen molar-refractivity contribution >= 4 is 5.57 Å². The molecule has 1 aromatic rings. The monoisotopic (exact) mass is 251 g/mol. The van der Waals surface area contributed by atoms with Crippen LogP contribution in [-0.2, 0) is 0 Å². The van der Waals surface area contributed by atoms with E-state index in [1.807, 2.05) is 24.3 Å². The SMILES string of the molecule is CCCCCC1C=CC(c2ccc(C#N)cc2)=CC1. The Bertz CT molecular complexity index is 499. The van der Waals surface area contributed by atoms with Gasteiger partial charge in [0, 0.05) is 0 Å². The second-order valence-corrected chi connectivity index (χ2v) is 5.20. The highest BCUT2D eigenvalue weighted by Crippen LogP contribution is 2.27. The molecule has 0 saturated carbocycles. The maximum Gasteiger partial charge on any atom is 0.0991 e. The summed E-state index contributed by atoms with van der Waals surface area (Å²) in [5.74, 6) is 0.716. The summed E-state index contributed by atoms with van der Waals surface area (Å²) < 4.78 is 0. The van der Waals surface area contributed by atoms with E-state index in [1.165, 1.54) is 36.8 Å². The van der Waals surface area contributed by atoms with Gasteiger partial charge >= 0.3 is 0 Å². The molecule has 0 spiro atoms. The highest BCUT2D eigenvalue weighted by molar-refractivity contribution is 5.75. The molecule has 0 saturated heterocycles. The summed E-state index contributed by atoms with van der Waals surface area (Å²) in [5.41, 5.74) is 3.22. The Balaban J connectivity index is 1.93. The molecule has 1 nitrogen and oxygen atoms in total. The van der Waals surface area contributed by atoms with Crippen molar-refractivity contribution in [2.24, 2.45) is 5.92 Å². The first kappa shape index (κ1) is 13.6. The predicted molar refractivity (Wildman–Crippen MR) is 80.5 cm³/mol. The lowest BCUT2D eigenvalue weighted by molar-refractivity contribution is 0.543. The summed E-state index contributed by atoms with van der Waals surface area (Å²) in [5, 5.41) is 8.80. The van der Waals surface area contributed by atoms with Gasteiger partial charge in [-0.3, -0.25) is 0 Å².